The molecule has 0 radical (unpaired) electrons. The van der Waals surface area contributed by atoms with Crippen molar-refractivity contribution >= 4 is 33.4 Å². The summed E-state index contributed by atoms with van der Waals surface area (Å²) in [5, 5.41) is 0. The van der Waals surface area contributed by atoms with Gasteiger partial charge in [-0.25, -0.2) is 4.98 Å². The molecule has 5 nitrogen and oxygen atoms in total. The normalized spacial score (nSPS) is 24.4. The van der Waals surface area contributed by atoms with Crippen LogP contribution in [0.4, 0.5) is 0 Å². The molecule has 1 saturated heterocycles. The van der Waals surface area contributed by atoms with Crippen molar-refractivity contribution in [3.63, 3.8) is 0 Å². The van der Waals surface area contributed by atoms with Gasteiger partial charge >= 0.3 is 0 Å². The molecule has 1 aromatic carbocycles. The molecule has 1 aliphatic carbocycles. The Bertz CT molecular complexity index is 843. The van der Waals surface area contributed by atoms with Crippen LogP contribution in [0.15, 0.2) is 23.7 Å². The number of hydrogen-bond donors (Lipinski definition) is 0. The topological polar surface area (TPSA) is 53.5 Å². The number of benzene rings is 1. The van der Waals surface area contributed by atoms with E-state index in [1.165, 1.54) is 19.3 Å². The second kappa shape index (κ2) is 7.58. The van der Waals surface area contributed by atoms with Gasteiger partial charge in [-0.05, 0) is 44.9 Å². The number of aromatic nitrogens is 1. The number of amides is 2. The highest BCUT2D eigenvalue weighted by atomic mass is 32.1. The molecule has 1 aliphatic heterocycles. The zero-order valence-corrected chi connectivity index (χ0v) is 16.9. The largest absolute Gasteiger partial charge is 0.336 e. The van der Waals surface area contributed by atoms with Crippen molar-refractivity contribution in [3.8, 4) is 0 Å². The number of fused-ring (bicyclic) bond motifs is 1. The Morgan fingerprint density at radius 3 is 2.52 bits per heavy atom. The van der Waals surface area contributed by atoms with Gasteiger partial charge in [-0.1, -0.05) is 19.3 Å². The molecule has 0 bridgehead atoms. The smallest absolute Gasteiger partial charge is 0.254 e. The van der Waals surface area contributed by atoms with Gasteiger partial charge in [-0.3, -0.25) is 9.59 Å². The Labute approximate surface area is 164 Å². The Hall–Kier alpha value is -1.95. The van der Waals surface area contributed by atoms with Gasteiger partial charge in [-0.2, -0.15) is 0 Å². The van der Waals surface area contributed by atoms with Crippen LogP contribution in [0, 0.1) is 5.92 Å². The number of hydrogen-bond acceptors (Lipinski definition) is 4. The lowest BCUT2D eigenvalue weighted by Gasteiger charge is -2.46. The van der Waals surface area contributed by atoms with E-state index in [0.29, 0.717) is 24.6 Å². The van der Waals surface area contributed by atoms with Crippen LogP contribution in [0.1, 0.15) is 56.3 Å². The van der Waals surface area contributed by atoms with E-state index < -0.39 is 0 Å². The molecule has 2 aliphatic rings. The molecule has 0 spiro atoms. The second-order valence-corrected chi connectivity index (χ2v) is 8.77. The highest BCUT2D eigenvalue weighted by molar-refractivity contribution is 7.16. The number of carbonyl (C=O) groups is 2. The summed E-state index contributed by atoms with van der Waals surface area (Å²) in [4.78, 5) is 34.3. The van der Waals surface area contributed by atoms with Gasteiger partial charge in [0.05, 0.1) is 15.7 Å². The molecule has 2 atom stereocenters. The molecule has 2 fully saturated rings. The van der Waals surface area contributed by atoms with E-state index in [-0.39, 0.29) is 23.9 Å². The van der Waals surface area contributed by atoms with Gasteiger partial charge < -0.3 is 9.80 Å². The first-order valence-electron chi connectivity index (χ1n) is 10.0. The van der Waals surface area contributed by atoms with Gasteiger partial charge in [0.1, 0.15) is 0 Å². The summed E-state index contributed by atoms with van der Waals surface area (Å²) in [5.41, 5.74) is 3.44. The Morgan fingerprint density at radius 2 is 1.74 bits per heavy atom. The molecule has 1 aromatic heterocycles. The molecule has 0 unspecified atom stereocenters. The molecular weight excluding hydrogens is 358 g/mol. The van der Waals surface area contributed by atoms with Crippen molar-refractivity contribution in [2.75, 3.05) is 13.1 Å². The van der Waals surface area contributed by atoms with Gasteiger partial charge in [-0.15, -0.1) is 11.3 Å². The monoisotopic (exact) mass is 385 g/mol. The van der Waals surface area contributed by atoms with Crippen LogP contribution >= 0.6 is 11.3 Å². The summed E-state index contributed by atoms with van der Waals surface area (Å²) in [6.45, 7) is 5.38. The Kier molecular flexibility index (Phi) is 5.17. The van der Waals surface area contributed by atoms with Crippen LogP contribution in [0.3, 0.4) is 0 Å². The summed E-state index contributed by atoms with van der Waals surface area (Å²) in [7, 11) is 0. The third-order valence-electron chi connectivity index (χ3n) is 6.34. The molecule has 144 valence electrons. The summed E-state index contributed by atoms with van der Waals surface area (Å²) >= 11 is 1.55. The van der Waals surface area contributed by atoms with E-state index in [1.54, 1.807) is 16.8 Å². The van der Waals surface area contributed by atoms with E-state index in [0.717, 1.165) is 23.1 Å². The number of carbonyl (C=O) groups excluding carboxylic acids is 2. The molecule has 6 heteroatoms. The molecule has 1 saturated carbocycles. The molecule has 2 heterocycles. The van der Waals surface area contributed by atoms with E-state index in [1.807, 2.05) is 28.0 Å². The fourth-order valence-corrected chi connectivity index (χ4v) is 5.20. The zero-order chi connectivity index (χ0) is 19.0. The second-order valence-electron chi connectivity index (χ2n) is 7.88. The number of piperazine rings is 1. The Balaban J connectivity index is 1.48. The first-order chi connectivity index (χ1) is 13.1. The SMILES string of the molecule is C[C@@H]1[C@H](C)N(C(=O)c2ccc3ncsc3c2)CCN1C(=O)C1CCCCC1. The highest BCUT2D eigenvalue weighted by Gasteiger charge is 2.38. The minimum atomic E-state index is 0.0101. The minimum absolute atomic E-state index is 0.0101. The number of nitrogens with zero attached hydrogens (tertiary/aromatic N) is 3. The van der Waals surface area contributed by atoms with Gasteiger partial charge in [0, 0.05) is 36.7 Å². The maximum absolute atomic E-state index is 13.1. The highest BCUT2D eigenvalue weighted by Crippen LogP contribution is 2.29. The predicted octanol–water partition coefficient (Wildman–Crippen LogP) is 3.94. The van der Waals surface area contributed by atoms with E-state index >= 15 is 0 Å². The quantitative estimate of drug-likeness (QED) is 0.787. The van der Waals surface area contributed by atoms with Crippen LogP contribution in [0.25, 0.3) is 10.2 Å². The van der Waals surface area contributed by atoms with Crippen molar-refractivity contribution in [2.24, 2.45) is 5.92 Å². The average molecular weight is 386 g/mol. The fraction of sp³-hybridized carbons (Fsp3) is 0.571. The van der Waals surface area contributed by atoms with Gasteiger partial charge in [0.15, 0.2) is 0 Å². The van der Waals surface area contributed by atoms with Crippen LogP contribution in [-0.2, 0) is 4.79 Å². The molecule has 4 rings (SSSR count). The van der Waals surface area contributed by atoms with Crippen LogP contribution in [0.5, 0.6) is 0 Å². The number of rotatable bonds is 2. The van der Waals surface area contributed by atoms with Crippen molar-refractivity contribution in [1.29, 1.82) is 0 Å². The lowest BCUT2D eigenvalue weighted by molar-refractivity contribution is -0.142. The average Bonchev–Trinajstić information content (AvgIpc) is 3.17. The van der Waals surface area contributed by atoms with Crippen LogP contribution in [-0.4, -0.2) is 51.8 Å². The minimum Gasteiger partial charge on any atom is -0.336 e. The van der Waals surface area contributed by atoms with E-state index in [2.05, 4.69) is 18.8 Å². The molecule has 2 amide bonds. The van der Waals surface area contributed by atoms with E-state index in [4.69, 9.17) is 0 Å². The van der Waals surface area contributed by atoms with Gasteiger partial charge in [0.25, 0.3) is 5.91 Å². The fourth-order valence-electron chi connectivity index (χ4n) is 4.48. The summed E-state index contributed by atoms with van der Waals surface area (Å²) in [6.07, 6.45) is 5.63. The van der Waals surface area contributed by atoms with Gasteiger partial charge in [0.2, 0.25) is 5.91 Å². The first kappa shape index (κ1) is 18.4. The molecular formula is C21H27N3O2S. The van der Waals surface area contributed by atoms with Crippen LogP contribution in [0.2, 0.25) is 0 Å². The number of thiazole rings is 1. The molecule has 2 aromatic rings. The van der Waals surface area contributed by atoms with Crippen molar-refractivity contribution < 1.29 is 9.59 Å². The van der Waals surface area contributed by atoms with Crippen molar-refractivity contribution in [3.05, 3.63) is 29.3 Å². The maximum atomic E-state index is 13.1. The van der Waals surface area contributed by atoms with E-state index in [9.17, 15) is 9.59 Å². The summed E-state index contributed by atoms with van der Waals surface area (Å²) in [6, 6.07) is 5.77. The van der Waals surface area contributed by atoms with Crippen molar-refractivity contribution in [2.45, 2.75) is 58.0 Å². The third-order valence-corrected chi connectivity index (χ3v) is 7.13. The summed E-state index contributed by atoms with van der Waals surface area (Å²) < 4.78 is 1.03. The molecule has 27 heavy (non-hydrogen) atoms. The Morgan fingerprint density at radius 1 is 1.04 bits per heavy atom. The maximum Gasteiger partial charge on any atom is 0.254 e. The first-order valence-corrected chi connectivity index (χ1v) is 10.9. The molecule has 0 N–H and O–H groups in total. The third kappa shape index (κ3) is 3.47. The summed E-state index contributed by atoms with van der Waals surface area (Å²) in [5.74, 6) is 0.533. The van der Waals surface area contributed by atoms with Crippen molar-refractivity contribution in [1.82, 2.24) is 14.8 Å². The lowest BCUT2D eigenvalue weighted by atomic mass is 9.87. The standard InChI is InChI=1S/C21H27N3O2S/c1-14-15(2)24(11-10-23(14)20(25)16-6-4-3-5-7-16)21(26)17-8-9-18-19(12-17)27-13-22-18/h8-9,12-16H,3-7,10-11H2,1-2H3/t14-,15+/m1/s1. The zero-order valence-electron chi connectivity index (χ0n) is 16.1. The lowest BCUT2D eigenvalue weighted by Crippen LogP contribution is -2.61. The van der Waals surface area contributed by atoms with Crippen LogP contribution < -0.4 is 0 Å². The predicted molar refractivity (Wildman–Crippen MR) is 108 cm³/mol.